The predicted octanol–water partition coefficient (Wildman–Crippen LogP) is 2.14. The first kappa shape index (κ1) is 11.7. The summed E-state index contributed by atoms with van der Waals surface area (Å²) in [6.45, 7) is 0. The molecule has 0 aliphatic rings. The summed E-state index contributed by atoms with van der Waals surface area (Å²) >= 11 is 0. The summed E-state index contributed by atoms with van der Waals surface area (Å²) in [5.74, 6) is -2.79. The van der Waals surface area contributed by atoms with Crippen LogP contribution in [0, 0.1) is 17.5 Å². The van der Waals surface area contributed by atoms with Gasteiger partial charge < -0.3 is 5.32 Å². The van der Waals surface area contributed by atoms with Crippen molar-refractivity contribution in [1.29, 1.82) is 0 Å². The third-order valence-corrected chi connectivity index (χ3v) is 2.47. The van der Waals surface area contributed by atoms with Crippen molar-refractivity contribution in [2.45, 2.75) is 6.04 Å². The van der Waals surface area contributed by atoms with Crippen LogP contribution in [0.25, 0.3) is 0 Å². The zero-order chi connectivity index (χ0) is 12.4. The standard InChI is InChI=1S/C11H10F3N3/c1-15-11(6-4-16-17-5-6)10-8(13)2-7(12)3-9(10)14/h2-5,11,15H,1H3,(H,16,17). The van der Waals surface area contributed by atoms with Gasteiger partial charge in [-0.25, -0.2) is 13.2 Å². The molecule has 0 spiro atoms. The van der Waals surface area contributed by atoms with Crippen LogP contribution in [-0.4, -0.2) is 17.2 Å². The Labute approximate surface area is 95.7 Å². The minimum atomic E-state index is -0.939. The molecule has 0 bridgehead atoms. The fraction of sp³-hybridized carbons (Fsp3) is 0.182. The van der Waals surface area contributed by atoms with E-state index in [1.165, 1.54) is 12.4 Å². The van der Waals surface area contributed by atoms with Crippen molar-refractivity contribution in [1.82, 2.24) is 15.5 Å². The molecule has 0 fully saturated rings. The Hall–Kier alpha value is -1.82. The van der Waals surface area contributed by atoms with Crippen LogP contribution in [0.15, 0.2) is 24.5 Å². The van der Waals surface area contributed by atoms with Crippen LogP contribution < -0.4 is 5.32 Å². The summed E-state index contributed by atoms with van der Waals surface area (Å²) in [5, 5.41) is 9.02. The van der Waals surface area contributed by atoms with Gasteiger partial charge in [-0.05, 0) is 7.05 Å². The first-order chi connectivity index (χ1) is 8.13. The smallest absolute Gasteiger partial charge is 0.134 e. The fourth-order valence-electron chi connectivity index (χ4n) is 1.73. The van der Waals surface area contributed by atoms with Crippen LogP contribution in [-0.2, 0) is 0 Å². The maximum absolute atomic E-state index is 13.6. The van der Waals surface area contributed by atoms with E-state index in [0.29, 0.717) is 17.7 Å². The summed E-state index contributed by atoms with van der Waals surface area (Å²) < 4.78 is 40.0. The summed E-state index contributed by atoms with van der Waals surface area (Å²) in [5.41, 5.74) is 0.340. The molecule has 2 rings (SSSR count). The van der Waals surface area contributed by atoms with Gasteiger partial charge in [-0.1, -0.05) is 0 Å². The number of hydrogen-bond acceptors (Lipinski definition) is 2. The molecule has 0 saturated heterocycles. The van der Waals surface area contributed by atoms with Crippen molar-refractivity contribution in [2.75, 3.05) is 7.05 Å². The Morgan fingerprint density at radius 3 is 2.35 bits per heavy atom. The zero-order valence-electron chi connectivity index (χ0n) is 8.97. The minimum Gasteiger partial charge on any atom is -0.309 e. The van der Waals surface area contributed by atoms with E-state index in [0.717, 1.165) is 0 Å². The highest BCUT2D eigenvalue weighted by Crippen LogP contribution is 2.26. The highest BCUT2D eigenvalue weighted by Gasteiger charge is 2.22. The van der Waals surface area contributed by atoms with E-state index in [1.54, 1.807) is 7.05 Å². The van der Waals surface area contributed by atoms with Gasteiger partial charge in [0.05, 0.1) is 12.2 Å². The molecule has 0 aliphatic heterocycles. The molecule has 0 radical (unpaired) electrons. The van der Waals surface area contributed by atoms with E-state index in [4.69, 9.17) is 0 Å². The molecule has 0 aliphatic carbocycles. The molecule has 17 heavy (non-hydrogen) atoms. The highest BCUT2D eigenvalue weighted by molar-refractivity contribution is 5.31. The lowest BCUT2D eigenvalue weighted by Crippen LogP contribution is -2.20. The average Bonchev–Trinajstić information content (AvgIpc) is 2.76. The quantitative estimate of drug-likeness (QED) is 0.864. The number of halogens is 3. The van der Waals surface area contributed by atoms with Gasteiger partial charge in [0.25, 0.3) is 0 Å². The van der Waals surface area contributed by atoms with Crippen molar-refractivity contribution in [2.24, 2.45) is 0 Å². The largest absolute Gasteiger partial charge is 0.309 e. The number of aromatic nitrogens is 2. The number of hydrogen-bond donors (Lipinski definition) is 2. The van der Waals surface area contributed by atoms with Gasteiger partial charge in [0, 0.05) is 29.5 Å². The highest BCUT2D eigenvalue weighted by atomic mass is 19.1. The van der Waals surface area contributed by atoms with Crippen molar-refractivity contribution in [3.8, 4) is 0 Å². The van der Waals surface area contributed by atoms with Crippen molar-refractivity contribution < 1.29 is 13.2 Å². The second kappa shape index (κ2) is 4.58. The summed E-state index contributed by atoms with van der Waals surface area (Å²) in [7, 11) is 1.56. The Morgan fingerprint density at radius 1 is 1.24 bits per heavy atom. The maximum atomic E-state index is 13.6. The van der Waals surface area contributed by atoms with E-state index >= 15 is 0 Å². The van der Waals surface area contributed by atoms with E-state index < -0.39 is 23.5 Å². The van der Waals surface area contributed by atoms with Crippen LogP contribution in [0.5, 0.6) is 0 Å². The number of aromatic amines is 1. The first-order valence-electron chi connectivity index (χ1n) is 4.94. The topological polar surface area (TPSA) is 40.7 Å². The Kier molecular flexibility index (Phi) is 3.14. The lowest BCUT2D eigenvalue weighted by molar-refractivity contribution is 0.500. The van der Waals surface area contributed by atoms with E-state index in [-0.39, 0.29) is 5.56 Å². The van der Waals surface area contributed by atoms with Crippen molar-refractivity contribution in [3.05, 3.63) is 53.1 Å². The number of nitrogens with one attached hydrogen (secondary N) is 2. The van der Waals surface area contributed by atoms with Crippen LogP contribution in [0.4, 0.5) is 13.2 Å². The molecule has 3 nitrogen and oxygen atoms in total. The number of nitrogens with zero attached hydrogens (tertiary/aromatic N) is 1. The predicted molar refractivity (Wildman–Crippen MR) is 55.8 cm³/mol. The molecule has 2 N–H and O–H groups in total. The van der Waals surface area contributed by atoms with Gasteiger partial charge >= 0.3 is 0 Å². The van der Waals surface area contributed by atoms with Gasteiger partial charge in [-0.3, -0.25) is 5.10 Å². The van der Waals surface area contributed by atoms with E-state index in [9.17, 15) is 13.2 Å². The van der Waals surface area contributed by atoms with Crippen LogP contribution in [0.3, 0.4) is 0 Å². The molecule has 1 heterocycles. The van der Waals surface area contributed by atoms with Gasteiger partial charge in [-0.15, -0.1) is 0 Å². The molecule has 0 amide bonds. The second-order valence-corrected chi connectivity index (χ2v) is 3.54. The Morgan fingerprint density at radius 2 is 1.88 bits per heavy atom. The van der Waals surface area contributed by atoms with Gasteiger partial charge in [0.15, 0.2) is 0 Å². The number of benzene rings is 1. The Bertz CT molecular complexity index is 488. The van der Waals surface area contributed by atoms with Gasteiger partial charge in [0.2, 0.25) is 0 Å². The summed E-state index contributed by atoms with van der Waals surface area (Å²) in [6.07, 6.45) is 2.97. The molecule has 1 aromatic carbocycles. The van der Waals surface area contributed by atoms with Gasteiger partial charge in [0.1, 0.15) is 17.5 Å². The molecule has 6 heteroatoms. The number of rotatable bonds is 3. The molecule has 2 aromatic rings. The SMILES string of the molecule is CNC(c1cn[nH]c1)c1c(F)cc(F)cc1F. The third kappa shape index (κ3) is 2.16. The molecule has 1 unspecified atom stereocenters. The normalized spacial score (nSPS) is 12.7. The van der Waals surface area contributed by atoms with Crippen molar-refractivity contribution >= 4 is 0 Å². The molecule has 1 atom stereocenters. The van der Waals surface area contributed by atoms with E-state index in [2.05, 4.69) is 15.5 Å². The van der Waals surface area contributed by atoms with Crippen molar-refractivity contribution in [3.63, 3.8) is 0 Å². The molecule has 90 valence electrons. The summed E-state index contributed by atoms with van der Waals surface area (Å²) in [4.78, 5) is 0. The fourth-order valence-corrected chi connectivity index (χ4v) is 1.73. The third-order valence-electron chi connectivity index (χ3n) is 2.47. The summed E-state index contributed by atoms with van der Waals surface area (Å²) in [6, 6.07) is 0.598. The van der Waals surface area contributed by atoms with Gasteiger partial charge in [-0.2, -0.15) is 5.10 Å². The molecule has 0 saturated carbocycles. The first-order valence-corrected chi connectivity index (χ1v) is 4.94. The monoisotopic (exact) mass is 241 g/mol. The Balaban J connectivity index is 2.52. The molecular weight excluding hydrogens is 231 g/mol. The lowest BCUT2D eigenvalue weighted by atomic mass is 10.0. The lowest BCUT2D eigenvalue weighted by Gasteiger charge is -2.16. The molecule has 1 aromatic heterocycles. The zero-order valence-corrected chi connectivity index (χ0v) is 8.97. The molecular formula is C11H10F3N3. The maximum Gasteiger partial charge on any atom is 0.134 e. The van der Waals surface area contributed by atoms with Crippen LogP contribution in [0.1, 0.15) is 17.2 Å². The average molecular weight is 241 g/mol. The van der Waals surface area contributed by atoms with Crippen LogP contribution >= 0.6 is 0 Å². The van der Waals surface area contributed by atoms with Crippen LogP contribution in [0.2, 0.25) is 0 Å². The van der Waals surface area contributed by atoms with E-state index in [1.807, 2.05) is 0 Å². The minimum absolute atomic E-state index is 0.227. The number of H-pyrrole nitrogens is 1. The second-order valence-electron chi connectivity index (χ2n) is 3.54.